The van der Waals surface area contributed by atoms with Crippen molar-refractivity contribution in [1.82, 2.24) is 9.62 Å². The highest BCUT2D eigenvalue weighted by Gasteiger charge is 2.32. The van der Waals surface area contributed by atoms with Gasteiger partial charge in [0.25, 0.3) is 0 Å². The minimum atomic E-state index is -3.49. The molecule has 134 valence electrons. The number of benzene rings is 1. The molecule has 1 saturated heterocycles. The van der Waals surface area contributed by atoms with Crippen molar-refractivity contribution in [2.75, 3.05) is 26.2 Å². The van der Waals surface area contributed by atoms with Gasteiger partial charge in [0, 0.05) is 25.6 Å². The topological polar surface area (TPSA) is 92.5 Å². The Kier molecular flexibility index (Phi) is 6.37. The number of sulfonamides is 1. The summed E-state index contributed by atoms with van der Waals surface area (Å²) < 4.78 is 27.0. The molecule has 1 aromatic carbocycles. The average molecular weight is 353 g/mol. The third kappa shape index (κ3) is 4.34. The van der Waals surface area contributed by atoms with E-state index < -0.39 is 10.0 Å². The van der Waals surface area contributed by atoms with E-state index in [0.29, 0.717) is 43.9 Å². The van der Waals surface area contributed by atoms with E-state index in [2.05, 4.69) is 5.32 Å². The number of nitrogens with zero attached hydrogens (tertiary/aromatic N) is 1. The molecule has 0 unspecified atom stereocenters. The van der Waals surface area contributed by atoms with E-state index in [1.165, 1.54) is 4.31 Å². The molecule has 0 radical (unpaired) electrons. The monoisotopic (exact) mass is 353 g/mol. The van der Waals surface area contributed by atoms with Crippen molar-refractivity contribution in [2.24, 2.45) is 11.7 Å². The maximum atomic E-state index is 12.7. The Morgan fingerprint density at radius 2 is 1.92 bits per heavy atom. The van der Waals surface area contributed by atoms with Gasteiger partial charge in [-0.05, 0) is 62.9 Å². The molecule has 7 heteroatoms. The molecule has 24 heavy (non-hydrogen) atoms. The standard InChI is InChI=1S/C17H27N3O3S/c1-13-4-5-16(12-14(13)2)24(22,23)20-10-6-15(7-11-20)17(21)19-9-3-8-18/h4-5,12,15H,3,6-11,18H2,1-2H3,(H,19,21). The van der Waals surface area contributed by atoms with Crippen molar-refractivity contribution in [3.05, 3.63) is 29.3 Å². The van der Waals surface area contributed by atoms with Crippen molar-refractivity contribution in [1.29, 1.82) is 0 Å². The van der Waals surface area contributed by atoms with E-state index in [1.54, 1.807) is 12.1 Å². The van der Waals surface area contributed by atoms with E-state index in [9.17, 15) is 13.2 Å². The molecule has 0 aromatic heterocycles. The third-order valence-corrected chi connectivity index (χ3v) is 6.52. The van der Waals surface area contributed by atoms with Gasteiger partial charge in [0.1, 0.15) is 0 Å². The predicted octanol–water partition coefficient (Wildman–Crippen LogP) is 1.17. The van der Waals surface area contributed by atoms with Gasteiger partial charge in [-0.3, -0.25) is 4.79 Å². The van der Waals surface area contributed by atoms with Gasteiger partial charge in [0.15, 0.2) is 0 Å². The number of hydrogen-bond acceptors (Lipinski definition) is 4. The van der Waals surface area contributed by atoms with E-state index in [0.717, 1.165) is 17.5 Å². The van der Waals surface area contributed by atoms with Crippen LogP contribution in [0.5, 0.6) is 0 Å². The lowest BCUT2D eigenvalue weighted by Gasteiger charge is -2.30. The predicted molar refractivity (Wildman–Crippen MR) is 94.1 cm³/mol. The highest BCUT2D eigenvalue weighted by Crippen LogP contribution is 2.25. The van der Waals surface area contributed by atoms with Crippen molar-refractivity contribution in [3.8, 4) is 0 Å². The van der Waals surface area contributed by atoms with Crippen LogP contribution < -0.4 is 11.1 Å². The molecular formula is C17H27N3O3S. The van der Waals surface area contributed by atoms with E-state index >= 15 is 0 Å². The molecule has 6 nitrogen and oxygen atoms in total. The third-order valence-electron chi connectivity index (χ3n) is 4.62. The second-order valence-electron chi connectivity index (χ2n) is 6.36. The Hall–Kier alpha value is -1.44. The summed E-state index contributed by atoms with van der Waals surface area (Å²) in [5.41, 5.74) is 7.44. The number of aryl methyl sites for hydroxylation is 2. The molecule has 0 aliphatic carbocycles. The summed E-state index contributed by atoms with van der Waals surface area (Å²) in [5.74, 6) is -0.111. The lowest BCUT2D eigenvalue weighted by atomic mass is 9.97. The maximum Gasteiger partial charge on any atom is 0.243 e. The normalized spacial score (nSPS) is 17.0. The molecule has 1 aliphatic heterocycles. The van der Waals surface area contributed by atoms with Crippen LogP contribution in [0.15, 0.2) is 23.1 Å². The van der Waals surface area contributed by atoms with Crippen molar-refractivity contribution < 1.29 is 13.2 Å². The molecule has 0 saturated carbocycles. The first-order valence-electron chi connectivity index (χ1n) is 8.41. The summed E-state index contributed by atoms with van der Waals surface area (Å²) in [5, 5.41) is 2.87. The number of amides is 1. The van der Waals surface area contributed by atoms with Crippen LogP contribution in [0, 0.1) is 19.8 Å². The highest BCUT2D eigenvalue weighted by atomic mass is 32.2. The Balaban J connectivity index is 1.98. The van der Waals surface area contributed by atoms with E-state index in [-0.39, 0.29) is 11.8 Å². The fourth-order valence-corrected chi connectivity index (χ4v) is 4.40. The van der Waals surface area contributed by atoms with Gasteiger partial charge in [-0.15, -0.1) is 0 Å². The first-order valence-corrected chi connectivity index (χ1v) is 9.85. The number of nitrogens with two attached hydrogens (primary N) is 1. The van der Waals surface area contributed by atoms with Crippen molar-refractivity contribution in [2.45, 2.75) is 38.0 Å². The number of nitrogens with one attached hydrogen (secondary N) is 1. The SMILES string of the molecule is Cc1ccc(S(=O)(=O)N2CCC(C(=O)NCCCN)CC2)cc1C. The quantitative estimate of drug-likeness (QED) is 0.751. The van der Waals surface area contributed by atoms with Gasteiger partial charge < -0.3 is 11.1 Å². The molecule has 0 spiro atoms. The van der Waals surface area contributed by atoms with Gasteiger partial charge in [-0.2, -0.15) is 4.31 Å². The zero-order valence-electron chi connectivity index (χ0n) is 14.4. The first-order chi connectivity index (χ1) is 11.4. The summed E-state index contributed by atoms with van der Waals surface area (Å²) >= 11 is 0. The van der Waals surface area contributed by atoms with Crippen LogP contribution in [0.25, 0.3) is 0 Å². The van der Waals surface area contributed by atoms with E-state index in [1.807, 2.05) is 19.9 Å². The number of carbonyl (C=O) groups is 1. The first kappa shape index (κ1) is 18.9. The van der Waals surface area contributed by atoms with Gasteiger partial charge in [-0.1, -0.05) is 6.07 Å². The van der Waals surface area contributed by atoms with Crippen molar-refractivity contribution in [3.63, 3.8) is 0 Å². The minimum absolute atomic E-state index is 0.00618. The number of hydrogen-bond donors (Lipinski definition) is 2. The molecule has 0 atom stereocenters. The second kappa shape index (κ2) is 8.09. The Labute approximate surface area is 144 Å². The Morgan fingerprint density at radius 1 is 1.25 bits per heavy atom. The van der Waals surface area contributed by atoms with Crippen LogP contribution in [0.2, 0.25) is 0 Å². The summed E-state index contributed by atoms with van der Waals surface area (Å²) in [6.45, 7) is 5.75. The summed E-state index contributed by atoms with van der Waals surface area (Å²) in [7, 11) is -3.49. The molecular weight excluding hydrogens is 326 g/mol. The van der Waals surface area contributed by atoms with Crippen LogP contribution in [0.3, 0.4) is 0 Å². The smallest absolute Gasteiger partial charge is 0.243 e. The number of piperidine rings is 1. The molecule has 2 rings (SSSR count). The number of carbonyl (C=O) groups excluding carboxylic acids is 1. The van der Waals surface area contributed by atoms with Crippen LogP contribution >= 0.6 is 0 Å². The zero-order valence-corrected chi connectivity index (χ0v) is 15.2. The zero-order chi connectivity index (χ0) is 17.7. The van der Waals surface area contributed by atoms with Gasteiger partial charge in [0.2, 0.25) is 15.9 Å². The fourth-order valence-electron chi connectivity index (χ4n) is 2.84. The summed E-state index contributed by atoms with van der Waals surface area (Å²) in [6.07, 6.45) is 1.86. The van der Waals surface area contributed by atoms with Crippen molar-refractivity contribution >= 4 is 15.9 Å². The molecule has 0 bridgehead atoms. The minimum Gasteiger partial charge on any atom is -0.356 e. The van der Waals surface area contributed by atoms with Crippen LogP contribution in [-0.4, -0.2) is 44.8 Å². The van der Waals surface area contributed by atoms with E-state index in [4.69, 9.17) is 5.73 Å². The summed E-state index contributed by atoms with van der Waals surface area (Å²) in [4.78, 5) is 12.4. The lowest BCUT2D eigenvalue weighted by molar-refractivity contribution is -0.126. The fraction of sp³-hybridized carbons (Fsp3) is 0.588. The molecule has 1 aromatic rings. The van der Waals surface area contributed by atoms with Crippen LogP contribution in [0.1, 0.15) is 30.4 Å². The summed E-state index contributed by atoms with van der Waals surface area (Å²) in [6, 6.07) is 5.21. The van der Waals surface area contributed by atoms with Gasteiger partial charge >= 0.3 is 0 Å². The van der Waals surface area contributed by atoms with Gasteiger partial charge in [0.05, 0.1) is 4.90 Å². The molecule has 1 amide bonds. The Morgan fingerprint density at radius 3 is 2.50 bits per heavy atom. The largest absolute Gasteiger partial charge is 0.356 e. The Bertz CT molecular complexity index is 680. The molecule has 3 N–H and O–H groups in total. The molecule has 1 aliphatic rings. The van der Waals surface area contributed by atoms with Crippen LogP contribution in [-0.2, 0) is 14.8 Å². The second-order valence-corrected chi connectivity index (χ2v) is 8.30. The maximum absolute atomic E-state index is 12.7. The molecule has 1 fully saturated rings. The van der Waals surface area contributed by atoms with Crippen LogP contribution in [0.4, 0.5) is 0 Å². The van der Waals surface area contributed by atoms with Gasteiger partial charge in [-0.25, -0.2) is 8.42 Å². The number of rotatable bonds is 6. The lowest BCUT2D eigenvalue weighted by Crippen LogP contribution is -2.43. The average Bonchev–Trinajstić information content (AvgIpc) is 2.57. The highest BCUT2D eigenvalue weighted by molar-refractivity contribution is 7.89. The molecule has 1 heterocycles.